The molecule has 22 heavy (non-hydrogen) atoms. The lowest BCUT2D eigenvalue weighted by Crippen LogP contribution is -2.34. The van der Waals surface area contributed by atoms with E-state index in [1.807, 2.05) is 6.92 Å². The minimum absolute atomic E-state index is 0.175. The van der Waals surface area contributed by atoms with Crippen molar-refractivity contribution in [2.75, 3.05) is 19.7 Å². The zero-order chi connectivity index (χ0) is 15.7. The lowest BCUT2D eigenvalue weighted by molar-refractivity contribution is -0.0255. The van der Waals surface area contributed by atoms with Crippen molar-refractivity contribution in [3.05, 3.63) is 35.3 Å². The minimum Gasteiger partial charge on any atom is -0.393 e. The highest BCUT2D eigenvalue weighted by atomic mass is 19.1. The molecular formula is C17H23FN2O2. The lowest BCUT2D eigenvalue weighted by Gasteiger charge is -2.24. The fraction of sp³-hybridized carbons (Fsp3) is 0.529. The van der Waals surface area contributed by atoms with Crippen LogP contribution in [0.1, 0.15) is 30.5 Å². The number of H-pyrrole nitrogens is 1. The number of aryl methyl sites for hydroxylation is 1. The molecule has 0 aliphatic carbocycles. The first-order valence-corrected chi connectivity index (χ1v) is 7.83. The normalized spacial score (nSPS) is 23.8. The van der Waals surface area contributed by atoms with Crippen molar-refractivity contribution in [3.8, 4) is 0 Å². The Morgan fingerprint density at radius 3 is 2.91 bits per heavy atom. The van der Waals surface area contributed by atoms with E-state index in [-0.39, 0.29) is 12.4 Å². The van der Waals surface area contributed by atoms with E-state index in [1.54, 1.807) is 12.1 Å². The Morgan fingerprint density at radius 2 is 2.14 bits per heavy atom. The number of nitrogens with one attached hydrogen (secondary N) is 1. The van der Waals surface area contributed by atoms with E-state index >= 15 is 0 Å². The number of nitrogens with zero attached hydrogens (tertiary/aromatic N) is 1. The number of aliphatic hydroxyl groups is 2. The molecule has 0 amide bonds. The molecular weight excluding hydrogens is 283 g/mol. The second kappa shape index (κ2) is 5.99. The topological polar surface area (TPSA) is 59.5 Å². The van der Waals surface area contributed by atoms with Crippen LogP contribution in [0.15, 0.2) is 18.2 Å². The number of hydrogen-bond donors (Lipinski definition) is 3. The van der Waals surface area contributed by atoms with Gasteiger partial charge >= 0.3 is 0 Å². The summed E-state index contributed by atoms with van der Waals surface area (Å²) in [4.78, 5) is 5.65. The van der Waals surface area contributed by atoms with E-state index in [4.69, 9.17) is 0 Å². The van der Waals surface area contributed by atoms with Gasteiger partial charge in [0.25, 0.3) is 0 Å². The summed E-state index contributed by atoms with van der Waals surface area (Å²) < 4.78 is 13.4. The van der Waals surface area contributed by atoms with Gasteiger partial charge in [0.15, 0.2) is 0 Å². The van der Waals surface area contributed by atoms with E-state index in [9.17, 15) is 14.6 Å². The molecule has 0 bridgehead atoms. The van der Waals surface area contributed by atoms with Gasteiger partial charge in [0.2, 0.25) is 0 Å². The maximum absolute atomic E-state index is 13.4. The number of aromatic amines is 1. The molecule has 3 N–H and O–H groups in total. The molecule has 4 nitrogen and oxygen atoms in total. The highest BCUT2D eigenvalue weighted by Gasteiger charge is 2.29. The van der Waals surface area contributed by atoms with Crippen molar-refractivity contribution in [2.45, 2.75) is 38.3 Å². The first-order chi connectivity index (χ1) is 10.5. The summed E-state index contributed by atoms with van der Waals surface area (Å²) in [6, 6.07) is 4.81. The number of likely N-dealkylation sites (tertiary alicyclic amines) is 1. The fourth-order valence-corrected chi connectivity index (χ4v) is 3.29. The van der Waals surface area contributed by atoms with Crippen LogP contribution in [0.2, 0.25) is 0 Å². The molecule has 0 radical (unpaired) electrons. The van der Waals surface area contributed by atoms with Gasteiger partial charge in [0.1, 0.15) is 5.82 Å². The van der Waals surface area contributed by atoms with Crippen LogP contribution in [0, 0.1) is 12.7 Å². The Hall–Kier alpha value is -1.43. The van der Waals surface area contributed by atoms with E-state index < -0.39 is 5.60 Å². The predicted octanol–water partition coefficient (Wildman–Crippen LogP) is 2.32. The molecule has 0 unspecified atom stereocenters. The van der Waals surface area contributed by atoms with Crippen molar-refractivity contribution in [3.63, 3.8) is 0 Å². The Balaban J connectivity index is 1.77. The van der Waals surface area contributed by atoms with Gasteiger partial charge in [-0.2, -0.15) is 0 Å². The SMILES string of the molecule is Cc1c(CN2CCC[C@](O)(CO)CC2)[nH]c2ccc(F)cc12. The average molecular weight is 306 g/mol. The number of rotatable bonds is 3. The molecule has 3 rings (SSSR count). The van der Waals surface area contributed by atoms with E-state index in [0.717, 1.165) is 48.2 Å². The molecule has 1 saturated heterocycles. The first-order valence-electron chi connectivity index (χ1n) is 7.83. The Morgan fingerprint density at radius 1 is 1.32 bits per heavy atom. The maximum Gasteiger partial charge on any atom is 0.123 e. The monoisotopic (exact) mass is 306 g/mol. The summed E-state index contributed by atoms with van der Waals surface area (Å²) in [6.45, 7) is 4.23. The standard InChI is InChI=1S/C17H23FN2O2/c1-12-14-9-13(18)3-4-15(14)19-16(12)10-20-7-2-5-17(22,11-21)6-8-20/h3-4,9,19,21-22H,2,5-8,10-11H2,1H3/t17-/m1/s1. The van der Waals surface area contributed by atoms with Crippen LogP contribution in [0.3, 0.4) is 0 Å². The van der Waals surface area contributed by atoms with Crippen molar-refractivity contribution in [1.82, 2.24) is 9.88 Å². The molecule has 1 fully saturated rings. The van der Waals surface area contributed by atoms with Gasteiger partial charge in [-0.3, -0.25) is 4.90 Å². The highest BCUT2D eigenvalue weighted by molar-refractivity contribution is 5.84. The number of hydrogen-bond acceptors (Lipinski definition) is 3. The van der Waals surface area contributed by atoms with Gasteiger partial charge in [-0.05, 0) is 56.5 Å². The smallest absolute Gasteiger partial charge is 0.123 e. The van der Waals surface area contributed by atoms with Crippen LogP contribution in [-0.4, -0.2) is 45.4 Å². The Kier molecular flexibility index (Phi) is 4.21. The first kappa shape index (κ1) is 15.5. The molecule has 1 aliphatic rings. The van der Waals surface area contributed by atoms with E-state index in [2.05, 4.69) is 9.88 Å². The molecule has 120 valence electrons. The summed E-state index contributed by atoms with van der Waals surface area (Å²) in [7, 11) is 0. The van der Waals surface area contributed by atoms with Crippen LogP contribution in [-0.2, 0) is 6.54 Å². The third kappa shape index (κ3) is 3.02. The number of benzene rings is 1. The van der Waals surface area contributed by atoms with Crippen molar-refractivity contribution < 1.29 is 14.6 Å². The zero-order valence-corrected chi connectivity index (χ0v) is 12.9. The largest absolute Gasteiger partial charge is 0.393 e. The summed E-state index contributed by atoms with van der Waals surface area (Å²) in [5.74, 6) is -0.219. The lowest BCUT2D eigenvalue weighted by atomic mass is 9.96. The summed E-state index contributed by atoms with van der Waals surface area (Å²) in [5, 5.41) is 20.5. The number of halogens is 1. The van der Waals surface area contributed by atoms with Crippen molar-refractivity contribution in [2.24, 2.45) is 0 Å². The van der Waals surface area contributed by atoms with Gasteiger partial charge in [-0.15, -0.1) is 0 Å². The van der Waals surface area contributed by atoms with Gasteiger partial charge in [0.05, 0.1) is 12.2 Å². The third-order valence-electron chi connectivity index (χ3n) is 4.81. The van der Waals surface area contributed by atoms with Crippen LogP contribution >= 0.6 is 0 Å². The maximum atomic E-state index is 13.4. The Labute approximate surface area is 129 Å². The summed E-state index contributed by atoms with van der Waals surface area (Å²) in [6.07, 6.45) is 2.08. The van der Waals surface area contributed by atoms with Crippen LogP contribution in [0.4, 0.5) is 4.39 Å². The van der Waals surface area contributed by atoms with Gasteiger partial charge in [-0.25, -0.2) is 4.39 Å². The molecule has 2 heterocycles. The fourth-order valence-electron chi connectivity index (χ4n) is 3.29. The second-order valence-corrected chi connectivity index (χ2v) is 6.43. The minimum atomic E-state index is -0.937. The Bertz CT molecular complexity index is 670. The number of fused-ring (bicyclic) bond motifs is 1. The van der Waals surface area contributed by atoms with Crippen molar-refractivity contribution >= 4 is 10.9 Å². The molecule has 5 heteroatoms. The molecule has 1 aromatic carbocycles. The highest BCUT2D eigenvalue weighted by Crippen LogP contribution is 2.26. The summed E-state index contributed by atoms with van der Waals surface area (Å²) in [5.41, 5.74) is 2.19. The second-order valence-electron chi connectivity index (χ2n) is 6.43. The van der Waals surface area contributed by atoms with Crippen LogP contribution < -0.4 is 0 Å². The van der Waals surface area contributed by atoms with Gasteiger partial charge < -0.3 is 15.2 Å². The zero-order valence-electron chi connectivity index (χ0n) is 12.9. The molecule has 1 aliphatic heterocycles. The van der Waals surface area contributed by atoms with E-state index in [0.29, 0.717) is 12.8 Å². The molecule has 2 aromatic rings. The summed E-state index contributed by atoms with van der Waals surface area (Å²) >= 11 is 0. The molecule has 0 spiro atoms. The van der Waals surface area contributed by atoms with E-state index in [1.165, 1.54) is 6.07 Å². The molecule has 1 aromatic heterocycles. The van der Waals surface area contributed by atoms with Crippen LogP contribution in [0.5, 0.6) is 0 Å². The number of aliphatic hydroxyl groups excluding tert-OH is 1. The van der Waals surface area contributed by atoms with Gasteiger partial charge in [-0.1, -0.05) is 0 Å². The number of aromatic nitrogens is 1. The quantitative estimate of drug-likeness (QED) is 0.815. The molecule has 0 saturated carbocycles. The van der Waals surface area contributed by atoms with Crippen LogP contribution in [0.25, 0.3) is 10.9 Å². The average Bonchev–Trinajstić information content (AvgIpc) is 2.69. The molecule has 1 atom stereocenters. The van der Waals surface area contributed by atoms with Gasteiger partial charge in [0, 0.05) is 29.7 Å². The van der Waals surface area contributed by atoms with Crippen molar-refractivity contribution in [1.29, 1.82) is 0 Å². The third-order valence-corrected chi connectivity index (χ3v) is 4.81. The predicted molar refractivity (Wildman–Crippen MR) is 84.2 cm³/mol.